The van der Waals surface area contributed by atoms with Gasteiger partial charge in [0.15, 0.2) is 0 Å². The third-order valence-corrected chi connectivity index (χ3v) is 2.92. The van der Waals surface area contributed by atoms with Crippen LogP contribution in [0.5, 0.6) is 0 Å². The molecule has 0 radical (unpaired) electrons. The highest BCUT2D eigenvalue weighted by Crippen LogP contribution is 2.45. The van der Waals surface area contributed by atoms with Gasteiger partial charge >= 0.3 is 0 Å². The molecule has 1 N–H and O–H groups in total. The lowest BCUT2D eigenvalue weighted by Crippen LogP contribution is -2.09. The maximum atomic E-state index is 9.09. The van der Waals surface area contributed by atoms with Gasteiger partial charge in [-0.25, -0.2) is 9.97 Å². The van der Waals surface area contributed by atoms with E-state index in [2.05, 4.69) is 21.0 Å². The molecule has 3 rings (SSSR count). The van der Waals surface area contributed by atoms with Crippen LogP contribution in [0.15, 0.2) is 30.6 Å². The SMILES string of the molecule is N#CC1(c2nccc(-c3ccc[nH]3)n2)CC1. The largest absolute Gasteiger partial charge is 0.360 e. The maximum absolute atomic E-state index is 9.09. The fourth-order valence-corrected chi connectivity index (χ4v) is 1.74. The molecule has 2 aromatic rings. The molecule has 4 nitrogen and oxygen atoms in total. The minimum Gasteiger partial charge on any atom is -0.360 e. The van der Waals surface area contributed by atoms with E-state index in [4.69, 9.17) is 5.26 Å². The van der Waals surface area contributed by atoms with Crippen LogP contribution >= 0.6 is 0 Å². The summed E-state index contributed by atoms with van der Waals surface area (Å²) in [5, 5.41) is 9.09. The number of hydrogen-bond acceptors (Lipinski definition) is 3. The van der Waals surface area contributed by atoms with Gasteiger partial charge in [-0.2, -0.15) is 5.26 Å². The summed E-state index contributed by atoms with van der Waals surface area (Å²) in [6.07, 6.45) is 5.32. The first kappa shape index (κ1) is 9.10. The number of nitrogens with zero attached hydrogens (tertiary/aromatic N) is 3. The van der Waals surface area contributed by atoms with Crippen molar-refractivity contribution in [1.29, 1.82) is 5.26 Å². The topological polar surface area (TPSA) is 65.4 Å². The van der Waals surface area contributed by atoms with Gasteiger partial charge in [0.05, 0.1) is 17.5 Å². The van der Waals surface area contributed by atoms with Crippen LogP contribution < -0.4 is 0 Å². The van der Waals surface area contributed by atoms with Gasteiger partial charge in [-0.1, -0.05) is 0 Å². The van der Waals surface area contributed by atoms with Crippen molar-refractivity contribution in [2.24, 2.45) is 0 Å². The zero-order valence-electron chi connectivity index (χ0n) is 8.64. The third kappa shape index (κ3) is 1.29. The van der Waals surface area contributed by atoms with Crippen molar-refractivity contribution in [2.45, 2.75) is 18.3 Å². The van der Waals surface area contributed by atoms with Gasteiger partial charge in [-0.15, -0.1) is 0 Å². The molecule has 0 saturated heterocycles. The van der Waals surface area contributed by atoms with Crippen LogP contribution in [0, 0.1) is 11.3 Å². The fraction of sp³-hybridized carbons (Fsp3) is 0.250. The summed E-state index contributed by atoms with van der Waals surface area (Å²) >= 11 is 0. The van der Waals surface area contributed by atoms with E-state index >= 15 is 0 Å². The zero-order valence-corrected chi connectivity index (χ0v) is 8.64. The first-order valence-electron chi connectivity index (χ1n) is 5.23. The molecule has 1 aliphatic carbocycles. The minimum atomic E-state index is -0.414. The molecule has 0 unspecified atom stereocenters. The second-order valence-corrected chi connectivity index (χ2v) is 4.04. The summed E-state index contributed by atoms with van der Waals surface area (Å²) in [5.41, 5.74) is 1.39. The Morgan fingerprint density at radius 2 is 2.25 bits per heavy atom. The molecule has 4 heteroatoms. The van der Waals surface area contributed by atoms with Gasteiger partial charge in [0.25, 0.3) is 0 Å². The average Bonchev–Trinajstić information content (AvgIpc) is 2.95. The number of hydrogen-bond donors (Lipinski definition) is 1. The first-order valence-corrected chi connectivity index (χ1v) is 5.23. The van der Waals surface area contributed by atoms with Crippen molar-refractivity contribution >= 4 is 0 Å². The molecule has 0 aromatic carbocycles. The highest BCUT2D eigenvalue weighted by molar-refractivity contribution is 5.54. The molecular formula is C12H10N4. The van der Waals surface area contributed by atoms with E-state index in [1.165, 1.54) is 0 Å². The van der Waals surface area contributed by atoms with Gasteiger partial charge in [0.2, 0.25) is 0 Å². The Bertz CT molecular complexity index is 547. The lowest BCUT2D eigenvalue weighted by atomic mass is 10.1. The van der Waals surface area contributed by atoms with E-state index in [1.807, 2.05) is 24.4 Å². The summed E-state index contributed by atoms with van der Waals surface area (Å²) in [6.45, 7) is 0. The highest BCUT2D eigenvalue weighted by Gasteiger charge is 2.47. The Hall–Kier alpha value is -2.15. The van der Waals surface area contributed by atoms with Crippen LogP contribution in [-0.4, -0.2) is 15.0 Å². The summed E-state index contributed by atoms with van der Waals surface area (Å²) in [4.78, 5) is 11.8. The molecule has 0 bridgehead atoms. The number of aromatic amines is 1. The molecule has 1 fully saturated rings. The predicted molar refractivity (Wildman–Crippen MR) is 58.3 cm³/mol. The molecule has 2 aromatic heterocycles. The van der Waals surface area contributed by atoms with Crippen LogP contribution in [0.3, 0.4) is 0 Å². The van der Waals surface area contributed by atoms with Crippen molar-refractivity contribution in [3.8, 4) is 17.5 Å². The molecule has 0 atom stereocenters. The zero-order chi connectivity index (χ0) is 11.0. The smallest absolute Gasteiger partial charge is 0.149 e. The Morgan fingerprint density at radius 3 is 2.88 bits per heavy atom. The Morgan fingerprint density at radius 1 is 1.38 bits per heavy atom. The monoisotopic (exact) mass is 210 g/mol. The summed E-state index contributed by atoms with van der Waals surface area (Å²) in [6, 6.07) is 8.04. The van der Waals surface area contributed by atoms with E-state index in [-0.39, 0.29) is 0 Å². The molecule has 1 saturated carbocycles. The molecule has 0 amide bonds. The molecule has 0 spiro atoms. The van der Waals surface area contributed by atoms with E-state index in [9.17, 15) is 0 Å². The molecule has 0 aliphatic heterocycles. The van der Waals surface area contributed by atoms with Gasteiger partial charge in [0, 0.05) is 12.4 Å². The van der Waals surface area contributed by atoms with Crippen molar-refractivity contribution in [1.82, 2.24) is 15.0 Å². The molecule has 2 heterocycles. The van der Waals surface area contributed by atoms with Gasteiger partial charge < -0.3 is 4.98 Å². The number of rotatable bonds is 2. The third-order valence-electron chi connectivity index (χ3n) is 2.92. The highest BCUT2D eigenvalue weighted by atomic mass is 14.9. The van der Waals surface area contributed by atoms with Crippen LogP contribution in [0.4, 0.5) is 0 Å². The molecule has 16 heavy (non-hydrogen) atoms. The van der Waals surface area contributed by atoms with Crippen molar-refractivity contribution in [2.75, 3.05) is 0 Å². The fourth-order valence-electron chi connectivity index (χ4n) is 1.74. The number of H-pyrrole nitrogens is 1. The van der Waals surface area contributed by atoms with Crippen LogP contribution in [0.25, 0.3) is 11.4 Å². The van der Waals surface area contributed by atoms with E-state index in [0.717, 1.165) is 24.2 Å². The van der Waals surface area contributed by atoms with E-state index in [0.29, 0.717) is 5.82 Å². The van der Waals surface area contributed by atoms with Gasteiger partial charge in [0.1, 0.15) is 11.2 Å². The van der Waals surface area contributed by atoms with E-state index in [1.54, 1.807) is 6.20 Å². The Balaban J connectivity index is 2.05. The Kier molecular flexibility index (Phi) is 1.80. The van der Waals surface area contributed by atoms with Crippen LogP contribution in [0.2, 0.25) is 0 Å². The predicted octanol–water partition coefficient (Wildman–Crippen LogP) is 2.03. The van der Waals surface area contributed by atoms with E-state index < -0.39 is 5.41 Å². The summed E-state index contributed by atoms with van der Waals surface area (Å²) in [5.74, 6) is 0.655. The number of nitriles is 1. The molecule has 1 aliphatic rings. The maximum Gasteiger partial charge on any atom is 0.149 e. The normalized spacial score (nSPS) is 16.7. The lowest BCUT2D eigenvalue weighted by molar-refractivity contribution is 0.798. The second kappa shape index (κ2) is 3.17. The first-order chi connectivity index (χ1) is 7.84. The van der Waals surface area contributed by atoms with Gasteiger partial charge in [-0.3, -0.25) is 0 Å². The lowest BCUT2D eigenvalue weighted by Gasteiger charge is -2.05. The molecule has 78 valence electrons. The Labute approximate surface area is 93.0 Å². The van der Waals surface area contributed by atoms with Crippen LogP contribution in [-0.2, 0) is 5.41 Å². The standard InChI is InChI=1S/C12H10N4/c13-8-12(4-5-12)11-15-7-3-10(16-11)9-2-1-6-14-9/h1-3,6-7,14H,4-5H2. The van der Waals surface area contributed by atoms with Crippen LogP contribution in [0.1, 0.15) is 18.7 Å². The number of aromatic nitrogens is 3. The second-order valence-electron chi connectivity index (χ2n) is 4.04. The number of nitrogens with one attached hydrogen (secondary N) is 1. The minimum absolute atomic E-state index is 0.414. The average molecular weight is 210 g/mol. The molecular weight excluding hydrogens is 200 g/mol. The quantitative estimate of drug-likeness (QED) is 0.824. The summed E-state index contributed by atoms with van der Waals surface area (Å²) in [7, 11) is 0. The van der Waals surface area contributed by atoms with Crippen molar-refractivity contribution < 1.29 is 0 Å². The van der Waals surface area contributed by atoms with Gasteiger partial charge in [-0.05, 0) is 31.0 Å². The van der Waals surface area contributed by atoms with Crippen molar-refractivity contribution in [3.05, 3.63) is 36.4 Å². The van der Waals surface area contributed by atoms with Crippen molar-refractivity contribution in [3.63, 3.8) is 0 Å². The summed E-state index contributed by atoms with van der Waals surface area (Å²) < 4.78 is 0.